The first-order chi connectivity index (χ1) is 18.3. The highest BCUT2D eigenvalue weighted by Gasteiger charge is 2.15. The molecule has 0 N–H and O–H groups in total. The van der Waals surface area contributed by atoms with Crippen molar-refractivity contribution < 1.29 is 23.7 Å². The molecule has 2 aromatic rings. The summed E-state index contributed by atoms with van der Waals surface area (Å²) in [5.41, 5.74) is 4.50. The van der Waals surface area contributed by atoms with Gasteiger partial charge in [0.1, 0.15) is 5.75 Å². The summed E-state index contributed by atoms with van der Waals surface area (Å²) in [6.45, 7) is 24.3. The molecule has 0 saturated heterocycles. The van der Waals surface area contributed by atoms with Crippen LogP contribution in [0.1, 0.15) is 35.1 Å². The average molecular weight is 571 g/mol. The molecule has 0 amide bonds. The van der Waals surface area contributed by atoms with Crippen LogP contribution in [0.15, 0.2) is 43.0 Å². The van der Waals surface area contributed by atoms with Gasteiger partial charge in [-0.2, -0.15) is 0 Å². The molecule has 5 nitrogen and oxygen atoms in total. The summed E-state index contributed by atoms with van der Waals surface area (Å²) in [5.74, 6) is 2.35. The largest absolute Gasteiger partial charge is 0.493 e. The minimum atomic E-state index is -1.12. The summed E-state index contributed by atoms with van der Waals surface area (Å²) in [7, 11) is -0.584. The molecule has 0 radical (unpaired) electrons. The van der Waals surface area contributed by atoms with Crippen molar-refractivity contribution in [2.24, 2.45) is 0 Å². The summed E-state index contributed by atoms with van der Waals surface area (Å²) < 4.78 is 28.9. The van der Waals surface area contributed by atoms with E-state index in [9.17, 15) is 0 Å². The summed E-state index contributed by atoms with van der Waals surface area (Å²) >= 11 is 0. The van der Waals surface area contributed by atoms with Crippen molar-refractivity contribution in [2.75, 3.05) is 33.9 Å². The second-order valence-corrected chi connectivity index (χ2v) is 23.7. The Kier molecular flexibility index (Phi) is 13.0. The van der Waals surface area contributed by atoms with E-state index in [1.165, 1.54) is 5.56 Å². The first-order valence-electron chi connectivity index (χ1n) is 13.9. The maximum atomic E-state index is 5.98. The molecule has 0 heterocycles. The van der Waals surface area contributed by atoms with Crippen molar-refractivity contribution in [2.45, 2.75) is 71.1 Å². The highest BCUT2D eigenvalue weighted by atomic mass is 28.3. The lowest BCUT2D eigenvalue weighted by Crippen LogP contribution is -2.22. The van der Waals surface area contributed by atoms with Gasteiger partial charge in [0.2, 0.25) is 0 Å². The van der Waals surface area contributed by atoms with E-state index < -0.39 is 16.1 Å². The fourth-order valence-electron chi connectivity index (χ4n) is 3.94. The highest BCUT2D eigenvalue weighted by molar-refractivity contribution is 6.76. The molecule has 0 bridgehead atoms. The highest BCUT2D eigenvalue weighted by Crippen LogP contribution is 2.32. The van der Waals surface area contributed by atoms with Crippen molar-refractivity contribution >= 4 is 28.3 Å². The minimum Gasteiger partial charge on any atom is -0.493 e. The van der Waals surface area contributed by atoms with Gasteiger partial charge in [-0.1, -0.05) is 70.5 Å². The zero-order chi connectivity index (χ0) is 29.1. The Morgan fingerprint density at radius 3 is 2.00 bits per heavy atom. The van der Waals surface area contributed by atoms with E-state index in [4.69, 9.17) is 23.7 Å². The van der Waals surface area contributed by atoms with Gasteiger partial charge in [-0.25, -0.2) is 0 Å². The monoisotopic (exact) mass is 570 g/mol. The quantitative estimate of drug-likeness (QED) is 0.0625. The lowest BCUT2D eigenvalue weighted by molar-refractivity contribution is 0.0205. The van der Waals surface area contributed by atoms with Crippen LogP contribution in [-0.2, 0) is 9.47 Å². The van der Waals surface area contributed by atoms with Gasteiger partial charge in [-0.3, -0.25) is 0 Å². The number of methoxy groups -OCH3 is 1. The Labute approximate surface area is 239 Å². The number of hydrogen-bond donors (Lipinski definition) is 0. The summed E-state index contributed by atoms with van der Waals surface area (Å²) in [5, 5.41) is 0. The summed E-state index contributed by atoms with van der Waals surface area (Å²) in [4.78, 5) is 0. The van der Waals surface area contributed by atoms with Gasteiger partial charge in [-0.15, -0.1) is 6.58 Å². The second-order valence-electron chi connectivity index (χ2n) is 12.5. The van der Waals surface area contributed by atoms with E-state index >= 15 is 0 Å². The Bertz CT molecular complexity index is 1080. The van der Waals surface area contributed by atoms with Crippen molar-refractivity contribution in [1.82, 2.24) is 0 Å². The topological polar surface area (TPSA) is 46.2 Å². The lowest BCUT2D eigenvalue weighted by atomic mass is 9.90. The Morgan fingerprint density at radius 1 is 0.821 bits per heavy atom. The van der Waals surface area contributed by atoms with Crippen molar-refractivity contribution in [3.8, 4) is 17.2 Å². The molecule has 1 unspecified atom stereocenters. The normalized spacial score (nSPS) is 12.9. The van der Waals surface area contributed by atoms with Crippen LogP contribution in [0.2, 0.25) is 51.4 Å². The van der Waals surface area contributed by atoms with E-state index in [2.05, 4.69) is 84.0 Å². The van der Waals surface area contributed by atoms with Crippen LogP contribution in [0, 0.1) is 6.92 Å². The third-order valence-electron chi connectivity index (χ3n) is 6.44. The zero-order valence-corrected chi connectivity index (χ0v) is 27.7. The molecule has 2 aromatic carbocycles. The fraction of sp³-hybridized carbons (Fsp3) is 0.500. The number of aryl methyl sites for hydroxylation is 1. The molecule has 7 heteroatoms. The predicted octanol–water partition coefficient (Wildman–Crippen LogP) is 8.85. The van der Waals surface area contributed by atoms with Crippen LogP contribution in [0.5, 0.6) is 17.2 Å². The van der Waals surface area contributed by atoms with Gasteiger partial charge in [0.05, 0.1) is 7.11 Å². The van der Waals surface area contributed by atoms with Crippen molar-refractivity contribution in [1.29, 1.82) is 0 Å². The third-order valence-corrected chi connectivity index (χ3v) is 9.85. The van der Waals surface area contributed by atoms with Gasteiger partial charge in [0.15, 0.2) is 25.1 Å². The Balaban J connectivity index is 2.14. The number of benzene rings is 2. The molecule has 1 atom stereocenters. The molecule has 0 aliphatic heterocycles. The van der Waals surface area contributed by atoms with Crippen LogP contribution in [0.25, 0.3) is 12.2 Å². The van der Waals surface area contributed by atoms with Gasteiger partial charge < -0.3 is 23.7 Å². The number of rotatable bonds is 17. The van der Waals surface area contributed by atoms with E-state index in [-0.39, 0.29) is 19.5 Å². The molecule has 39 heavy (non-hydrogen) atoms. The standard InChI is InChI=1S/C32H50O5Si2/c1-11-25(2)32-26(3)20-29(36-23-34-16-18-38(5,6)7)22-28(32)14-12-27-13-15-30(31(21-27)33-4)37-24-35-17-19-39(8,9)10/h11-15,20-22,25H,1,16-19,23-24H2,2-10H3/b14-12+. The zero-order valence-electron chi connectivity index (χ0n) is 25.7. The van der Waals surface area contributed by atoms with E-state index in [1.54, 1.807) is 7.11 Å². The van der Waals surface area contributed by atoms with Crippen LogP contribution < -0.4 is 14.2 Å². The van der Waals surface area contributed by atoms with E-state index in [0.717, 1.165) is 47.7 Å². The second kappa shape index (κ2) is 15.5. The first kappa shape index (κ1) is 32.9. The maximum absolute atomic E-state index is 5.98. The molecule has 0 aliphatic carbocycles. The maximum Gasteiger partial charge on any atom is 0.189 e. The lowest BCUT2D eigenvalue weighted by Gasteiger charge is -2.18. The number of hydrogen-bond acceptors (Lipinski definition) is 5. The molecule has 216 valence electrons. The smallest absolute Gasteiger partial charge is 0.189 e. The first-order valence-corrected chi connectivity index (χ1v) is 21.3. The van der Waals surface area contributed by atoms with Gasteiger partial charge >= 0.3 is 0 Å². The molecule has 0 spiro atoms. The van der Waals surface area contributed by atoms with E-state index in [1.807, 2.05) is 24.3 Å². The molecule has 0 aliphatic rings. The number of allylic oxidation sites excluding steroid dienone is 1. The van der Waals surface area contributed by atoms with Crippen LogP contribution in [0.3, 0.4) is 0 Å². The van der Waals surface area contributed by atoms with Crippen LogP contribution >= 0.6 is 0 Å². The van der Waals surface area contributed by atoms with Crippen LogP contribution in [0.4, 0.5) is 0 Å². The summed E-state index contributed by atoms with van der Waals surface area (Å²) in [6, 6.07) is 12.3. The van der Waals surface area contributed by atoms with Crippen molar-refractivity contribution in [3.63, 3.8) is 0 Å². The molecule has 0 fully saturated rings. The minimum absolute atomic E-state index is 0.206. The van der Waals surface area contributed by atoms with E-state index in [0.29, 0.717) is 11.5 Å². The molecular weight excluding hydrogens is 521 g/mol. The van der Waals surface area contributed by atoms with Gasteiger partial charge in [0, 0.05) is 29.4 Å². The summed E-state index contributed by atoms with van der Waals surface area (Å²) in [6.07, 6.45) is 6.18. The molecular formula is C32H50O5Si2. The number of ether oxygens (including phenoxy) is 5. The molecule has 0 saturated carbocycles. The van der Waals surface area contributed by atoms with Gasteiger partial charge in [-0.05, 0) is 71.4 Å². The molecule has 2 rings (SSSR count). The SMILES string of the molecule is C=CC(C)c1c(C)cc(OCOCC[Si](C)(C)C)cc1/C=C/c1ccc(OCOCC[Si](C)(C)C)c(OC)c1. The van der Waals surface area contributed by atoms with Crippen LogP contribution in [-0.4, -0.2) is 50.1 Å². The third kappa shape index (κ3) is 12.2. The fourth-order valence-corrected chi connectivity index (χ4v) is 5.45. The Morgan fingerprint density at radius 2 is 1.44 bits per heavy atom. The van der Waals surface area contributed by atoms with Crippen molar-refractivity contribution in [3.05, 3.63) is 65.2 Å². The average Bonchev–Trinajstić information content (AvgIpc) is 2.85. The molecule has 0 aromatic heterocycles. The predicted molar refractivity (Wildman–Crippen MR) is 171 cm³/mol. The van der Waals surface area contributed by atoms with Gasteiger partial charge in [0.25, 0.3) is 0 Å². The Hall–Kier alpha value is -2.33.